The van der Waals surface area contributed by atoms with E-state index >= 15 is 0 Å². The van der Waals surface area contributed by atoms with Crippen LogP contribution in [0.5, 0.6) is 0 Å². The number of furan rings is 1. The first-order chi connectivity index (χ1) is 25.0. The van der Waals surface area contributed by atoms with Crippen molar-refractivity contribution in [2.24, 2.45) is 0 Å². The molecule has 2 nitrogen and oxygen atoms in total. The highest BCUT2D eigenvalue weighted by Crippen LogP contribution is 2.51. The van der Waals surface area contributed by atoms with Gasteiger partial charge in [-0.3, -0.25) is 0 Å². The van der Waals surface area contributed by atoms with Crippen molar-refractivity contribution >= 4 is 49.8 Å². The van der Waals surface area contributed by atoms with Crippen molar-refractivity contribution in [2.75, 3.05) is 4.90 Å². The lowest BCUT2D eigenvalue weighted by molar-refractivity contribution is 0.660. The first-order valence-electron chi connectivity index (χ1n) is 17.7. The molecule has 2 heteroatoms. The summed E-state index contributed by atoms with van der Waals surface area (Å²) in [6, 6.07) is 63.6. The number of fused-ring (bicyclic) bond motifs is 8. The molecule has 0 saturated carbocycles. The minimum absolute atomic E-state index is 0.106. The van der Waals surface area contributed by atoms with E-state index in [1.54, 1.807) is 0 Å². The Morgan fingerprint density at radius 1 is 0.392 bits per heavy atom. The molecule has 0 fully saturated rings. The normalized spacial score (nSPS) is 13.1. The molecule has 10 rings (SSSR count). The van der Waals surface area contributed by atoms with Gasteiger partial charge in [0, 0.05) is 33.2 Å². The predicted octanol–water partition coefficient (Wildman–Crippen LogP) is 13.8. The van der Waals surface area contributed by atoms with E-state index in [0.717, 1.165) is 39.0 Å². The van der Waals surface area contributed by atoms with Crippen molar-refractivity contribution in [3.05, 3.63) is 187 Å². The van der Waals surface area contributed by atoms with Crippen LogP contribution in [-0.2, 0) is 5.41 Å². The summed E-state index contributed by atoms with van der Waals surface area (Å²) in [4.78, 5) is 2.40. The third kappa shape index (κ3) is 4.64. The molecule has 9 aromatic rings. The molecule has 0 amide bonds. The van der Waals surface area contributed by atoms with Crippen molar-refractivity contribution in [1.82, 2.24) is 0 Å². The quantitative estimate of drug-likeness (QED) is 0.184. The summed E-state index contributed by atoms with van der Waals surface area (Å²) >= 11 is 0. The van der Waals surface area contributed by atoms with Gasteiger partial charge in [-0.05, 0) is 104 Å². The molecule has 1 aliphatic carbocycles. The van der Waals surface area contributed by atoms with Gasteiger partial charge in [-0.25, -0.2) is 0 Å². The van der Waals surface area contributed by atoms with Gasteiger partial charge in [-0.15, -0.1) is 0 Å². The highest BCUT2D eigenvalue weighted by atomic mass is 16.3. The highest BCUT2D eigenvalue weighted by Gasteiger charge is 2.35. The molecule has 242 valence electrons. The number of benzene rings is 8. The van der Waals surface area contributed by atoms with Crippen molar-refractivity contribution in [3.8, 4) is 33.4 Å². The van der Waals surface area contributed by atoms with Gasteiger partial charge < -0.3 is 9.32 Å². The van der Waals surface area contributed by atoms with E-state index in [1.807, 2.05) is 0 Å². The SMILES string of the molecule is CC1(C)c2ccccc2-c2ccc(N(c3ccc(-c4ccccc4)cc3)c3ccc4oc5cc(-c6ccccc6)c6ccccc6c5c4c3)cc21. The van der Waals surface area contributed by atoms with Crippen LogP contribution in [0.4, 0.5) is 17.1 Å². The molecule has 0 radical (unpaired) electrons. The Hall–Kier alpha value is -6.38. The zero-order valence-corrected chi connectivity index (χ0v) is 28.6. The van der Waals surface area contributed by atoms with E-state index in [2.05, 4.69) is 195 Å². The molecular formula is C49H35NO. The summed E-state index contributed by atoms with van der Waals surface area (Å²) in [5.74, 6) is 0. The van der Waals surface area contributed by atoms with Crippen LogP contribution in [0.3, 0.4) is 0 Å². The van der Waals surface area contributed by atoms with E-state index in [9.17, 15) is 0 Å². The first kappa shape index (κ1) is 29.5. The monoisotopic (exact) mass is 653 g/mol. The van der Waals surface area contributed by atoms with Crippen molar-refractivity contribution < 1.29 is 4.42 Å². The fourth-order valence-electron chi connectivity index (χ4n) is 8.34. The fourth-order valence-corrected chi connectivity index (χ4v) is 8.34. The largest absolute Gasteiger partial charge is 0.456 e. The topological polar surface area (TPSA) is 16.4 Å². The number of hydrogen-bond acceptors (Lipinski definition) is 2. The number of hydrogen-bond donors (Lipinski definition) is 0. The molecule has 0 bridgehead atoms. The van der Waals surface area contributed by atoms with Crippen LogP contribution in [0.2, 0.25) is 0 Å². The van der Waals surface area contributed by atoms with Crippen LogP contribution in [0.1, 0.15) is 25.0 Å². The average Bonchev–Trinajstić information content (AvgIpc) is 3.67. The van der Waals surface area contributed by atoms with Gasteiger partial charge in [0.25, 0.3) is 0 Å². The second-order valence-electron chi connectivity index (χ2n) is 14.1. The van der Waals surface area contributed by atoms with Crippen LogP contribution in [-0.4, -0.2) is 0 Å². The summed E-state index contributed by atoms with van der Waals surface area (Å²) in [5, 5.41) is 4.67. The Bertz CT molecular complexity index is 2760. The molecule has 1 aromatic heterocycles. The fraction of sp³-hybridized carbons (Fsp3) is 0.0612. The molecule has 0 spiro atoms. The summed E-state index contributed by atoms with van der Waals surface area (Å²) in [5.41, 5.74) is 15.1. The smallest absolute Gasteiger partial charge is 0.136 e. The van der Waals surface area contributed by atoms with Crippen LogP contribution in [0.25, 0.3) is 66.1 Å². The Morgan fingerprint density at radius 3 is 1.76 bits per heavy atom. The third-order valence-electron chi connectivity index (χ3n) is 10.9. The number of rotatable bonds is 5. The molecule has 1 aliphatic rings. The van der Waals surface area contributed by atoms with Gasteiger partial charge in [0.1, 0.15) is 11.2 Å². The third-order valence-corrected chi connectivity index (χ3v) is 10.9. The minimum Gasteiger partial charge on any atom is -0.456 e. The maximum atomic E-state index is 6.64. The molecule has 0 aliphatic heterocycles. The Balaban J connectivity index is 1.18. The molecule has 0 atom stereocenters. The predicted molar refractivity (Wildman–Crippen MR) is 214 cm³/mol. The zero-order chi connectivity index (χ0) is 34.1. The number of anilines is 3. The van der Waals surface area contributed by atoms with Crippen molar-refractivity contribution in [3.63, 3.8) is 0 Å². The number of nitrogens with zero attached hydrogens (tertiary/aromatic N) is 1. The summed E-state index contributed by atoms with van der Waals surface area (Å²) < 4.78 is 6.64. The van der Waals surface area contributed by atoms with Gasteiger partial charge in [-0.1, -0.05) is 141 Å². The molecule has 8 aromatic carbocycles. The van der Waals surface area contributed by atoms with Crippen LogP contribution < -0.4 is 4.90 Å². The van der Waals surface area contributed by atoms with Crippen LogP contribution >= 0.6 is 0 Å². The lowest BCUT2D eigenvalue weighted by atomic mass is 9.82. The van der Waals surface area contributed by atoms with Gasteiger partial charge in [0.05, 0.1) is 0 Å². The van der Waals surface area contributed by atoms with Gasteiger partial charge in [-0.2, -0.15) is 0 Å². The second kappa shape index (κ2) is 11.3. The molecule has 51 heavy (non-hydrogen) atoms. The van der Waals surface area contributed by atoms with Crippen molar-refractivity contribution in [1.29, 1.82) is 0 Å². The minimum atomic E-state index is -0.106. The summed E-state index contributed by atoms with van der Waals surface area (Å²) in [7, 11) is 0. The van der Waals surface area contributed by atoms with Crippen LogP contribution in [0.15, 0.2) is 180 Å². The molecule has 0 saturated heterocycles. The Kier molecular flexibility index (Phi) is 6.56. The maximum Gasteiger partial charge on any atom is 0.136 e. The zero-order valence-electron chi connectivity index (χ0n) is 28.6. The lowest BCUT2D eigenvalue weighted by Crippen LogP contribution is -2.16. The first-order valence-corrected chi connectivity index (χ1v) is 17.7. The second-order valence-corrected chi connectivity index (χ2v) is 14.1. The molecule has 1 heterocycles. The maximum absolute atomic E-state index is 6.64. The van der Waals surface area contributed by atoms with E-state index in [1.165, 1.54) is 55.3 Å². The van der Waals surface area contributed by atoms with E-state index < -0.39 is 0 Å². The van der Waals surface area contributed by atoms with Gasteiger partial charge in [0.15, 0.2) is 0 Å². The van der Waals surface area contributed by atoms with E-state index in [0.29, 0.717) is 0 Å². The summed E-state index contributed by atoms with van der Waals surface area (Å²) in [6.07, 6.45) is 0. The van der Waals surface area contributed by atoms with E-state index in [-0.39, 0.29) is 5.41 Å². The Morgan fingerprint density at radius 2 is 0.980 bits per heavy atom. The van der Waals surface area contributed by atoms with Gasteiger partial charge in [0.2, 0.25) is 0 Å². The molecule has 0 N–H and O–H groups in total. The Labute approximate surface area is 297 Å². The molecule has 0 unspecified atom stereocenters. The average molecular weight is 654 g/mol. The van der Waals surface area contributed by atoms with E-state index in [4.69, 9.17) is 4.42 Å². The van der Waals surface area contributed by atoms with Crippen LogP contribution in [0, 0.1) is 0 Å². The van der Waals surface area contributed by atoms with Gasteiger partial charge >= 0.3 is 0 Å². The highest BCUT2D eigenvalue weighted by molar-refractivity contribution is 6.22. The summed E-state index contributed by atoms with van der Waals surface area (Å²) in [6.45, 7) is 4.69. The molecular weight excluding hydrogens is 619 g/mol. The standard InChI is InChI=1S/C49H35NO/c1-49(2)44-20-12-11-18-39(44)40-27-25-37(30-45(40)49)50(35-23-21-33(22-24-35)32-13-5-3-6-14-32)36-26-28-46-43(29-36)48-41-19-10-9-17-38(41)42(31-47(48)51-46)34-15-7-4-8-16-34/h3-31H,1-2H3. The van der Waals surface area contributed by atoms with Crippen molar-refractivity contribution in [2.45, 2.75) is 19.3 Å². The lowest BCUT2D eigenvalue weighted by Gasteiger charge is -2.28.